The van der Waals surface area contributed by atoms with Gasteiger partial charge in [-0.3, -0.25) is 9.69 Å². The molecule has 1 aromatic carbocycles. The molecule has 1 aliphatic rings. The number of alkyl halides is 3. The first-order valence-electron chi connectivity index (χ1n) is 10.1. The van der Waals surface area contributed by atoms with E-state index in [4.69, 9.17) is 5.73 Å². The minimum absolute atomic E-state index is 0. The molecule has 0 spiro atoms. The van der Waals surface area contributed by atoms with Crippen LogP contribution in [0, 0.1) is 0 Å². The number of carbonyl (C=O) groups excluding carboxylic acids is 2. The molecule has 1 atom stereocenters. The van der Waals surface area contributed by atoms with Gasteiger partial charge in [0.2, 0.25) is 5.95 Å². The highest BCUT2D eigenvalue weighted by atomic mass is 35.5. The van der Waals surface area contributed by atoms with Crippen LogP contribution in [0.2, 0.25) is 0 Å². The van der Waals surface area contributed by atoms with Crippen molar-refractivity contribution >= 4 is 41.8 Å². The minimum atomic E-state index is -4.55. The van der Waals surface area contributed by atoms with E-state index in [1.807, 2.05) is 20.8 Å². The Morgan fingerprint density at radius 1 is 1.36 bits per heavy atom. The first-order valence-corrected chi connectivity index (χ1v) is 10.1. The number of benzene rings is 1. The summed E-state index contributed by atoms with van der Waals surface area (Å²) in [5.41, 5.74) is 4.70. The lowest BCUT2D eigenvalue weighted by Crippen LogP contribution is -2.39. The fraction of sp³-hybridized carbons (Fsp3) is 0.429. The summed E-state index contributed by atoms with van der Waals surface area (Å²) >= 11 is 0. The molecule has 0 saturated carbocycles. The number of carbonyl (C=O) groups is 2. The quantitative estimate of drug-likeness (QED) is 0.657. The van der Waals surface area contributed by atoms with Crippen LogP contribution in [0.4, 0.5) is 35.4 Å². The molecule has 1 aliphatic heterocycles. The Bertz CT molecular complexity index is 1050. The smallest absolute Gasteiger partial charge is 0.383 e. The predicted molar refractivity (Wildman–Crippen MR) is 122 cm³/mol. The third-order valence-corrected chi connectivity index (χ3v) is 5.22. The van der Waals surface area contributed by atoms with Gasteiger partial charge in [-0.25, -0.2) is 9.78 Å². The normalized spacial score (nSPS) is 16.1. The number of nitrogens with two attached hydrogens (primary N) is 1. The first-order chi connectivity index (χ1) is 14.8. The molecule has 0 bridgehead atoms. The Kier molecular flexibility index (Phi) is 7.47. The fourth-order valence-electron chi connectivity index (χ4n) is 3.42. The minimum Gasteiger partial charge on any atom is -0.383 e. The zero-order valence-electron chi connectivity index (χ0n) is 18.6. The Morgan fingerprint density at radius 3 is 2.55 bits per heavy atom. The number of nitrogen functional groups attached to an aromatic ring is 1. The standard InChI is InChI=1S/C21H25F3N6O2.ClH/c1-5-12(2)30(14-8-6-7-13(9-14)21(22,23)24)17(31)15-10-26-18(27-16(15)25)29-11-20(3,4)28-19(29)32;/h6-10,12H,5,11H2,1-4H3,(H,28,32)(H2,25,26,27);1H. The molecule has 33 heavy (non-hydrogen) atoms. The molecule has 12 heteroatoms. The zero-order valence-corrected chi connectivity index (χ0v) is 19.4. The molecule has 1 unspecified atom stereocenters. The van der Waals surface area contributed by atoms with E-state index in [2.05, 4.69) is 15.3 Å². The van der Waals surface area contributed by atoms with Gasteiger partial charge in [0.15, 0.2) is 0 Å². The molecule has 1 aromatic heterocycles. The summed E-state index contributed by atoms with van der Waals surface area (Å²) in [6, 6.07) is 3.73. The van der Waals surface area contributed by atoms with Crippen LogP contribution in [-0.2, 0) is 6.18 Å². The van der Waals surface area contributed by atoms with Crippen molar-refractivity contribution in [1.29, 1.82) is 0 Å². The number of amides is 3. The summed E-state index contributed by atoms with van der Waals surface area (Å²) in [6.07, 6.45) is -2.86. The van der Waals surface area contributed by atoms with Crippen LogP contribution in [-0.4, -0.2) is 40.0 Å². The van der Waals surface area contributed by atoms with Gasteiger partial charge in [-0.15, -0.1) is 12.4 Å². The average molecular weight is 487 g/mol. The summed E-state index contributed by atoms with van der Waals surface area (Å²) in [6.45, 7) is 7.52. The molecule has 180 valence electrons. The number of hydrogen-bond acceptors (Lipinski definition) is 5. The number of urea groups is 1. The van der Waals surface area contributed by atoms with Gasteiger partial charge in [0, 0.05) is 17.9 Å². The number of aromatic nitrogens is 2. The molecule has 3 N–H and O–H groups in total. The summed E-state index contributed by atoms with van der Waals surface area (Å²) in [5.74, 6) is -0.761. The number of halogens is 4. The van der Waals surface area contributed by atoms with Gasteiger partial charge in [0.05, 0.1) is 17.6 Å². The van der Waals surface area contributed by atoms with E-state index in [0.717, 1.165) is 12.1 Å². The predicted octanol–water partition coefficient (Wildman–Crippen LogP) is 4.25. The molecule has 2 heterocycles. The number of rotatable bonds is 5. The third-order valence-electron chi connectivity index (χ3n) is 5.22. The fourth-order valence-corrected chi connectivity index (χ4v) is 3.42. The number of anilines is 3. The van der Waals surface area contributed by atoms with Crippen molar-refractivity contribution in [3.05, 3.63) is 41.6 Å². The number of nitrogens with zero attached hydrogens (tertiary/aromatic N) is 4. The highest BCUT2D eigenvalue weighted by Gasteiger charge is 2.37. The van der Waals surface area contributed by atoms with E-state index in [9.17, 15) is 22.8 Å². The molecule has 0 radical (unpaired) electrons. The second kappa shape index (κ2) is 9.42. The van der Waals surface area contributed by atoms with Crippen LogP contribution in [0.1, 0.15) is 50.0 Å². The lowest BCUT2D eigenvalue weighted by molar-refractivity contribution is -0.137. The lowest BCUT2D eigenvalue weighted by Gasteiger charge is -2.29. The van der Waals surface area contributed by atoms with Crippen molar-refractivity contribution in [3.63, 3.8) is 0 Å². The zero-order chi connectivity index (χ0) is 23.8. The van der Waals surface area contributed by atoms with E-state index >= 15 is 0 Å². The molecule has 2 aromatic rings. The van der Waals surface area contributed by atoms with Crippen LogP contribution < -0.4 is 20.9 Å². The maximum Gasteiger partial charge on any atom is 0.416 e. The summed E-state index contributed by atoms with van der Waals surface area (Å²) in [5, 5.41) is 2.78. The van der Waals surface area contributed by atoms with Crippen LogP contribution in [0.5, 0.6) is 0 Å². The molecule has 3 rings (SSSR count). The van der Waals surface area contributed by atoms with Crippen molar-refractivity contribution in [2.75, 3.05) is 22.1 Å². The van der Waals surface area contributed by atoms with Crippen LogP contribution in [0.25, 0.3) is 0 Å². The van der Waals surface area contributed by atoms with Crippen molar-refractivity contribution in [3.8, 4) is 0 Å². The van der Waals surface area contributed by atoms with E-state index in [1.165, 1.54) is 28.1 Å². The Labute approximate surface area is 195 Å². The highest BCUT2D eigenvalue weighted by Crippen LogP contribution is 2.33. The highest BCUT2D eigenvalue weighted by molar-refractivity contribution is 6.09. The van der Waals surface area contributed by atoms with E-state index in [-0.39, 0.29) is 35.4 Å². The third kappa shape index (κ3) is 5.47. The van der Waals surface area contributed by atoms with Gasteiger partial charge in [0.25, 0.3) is 5.91 Å². The molecule has 1 saturated heterocycles. The largest absolute Gasteiger partial charge is 0.416 e. The second-order valence-electron chi connectivity index (χ2n) is 8.35. The van der Waals surface area contributed by atoms with Crippen molar-refractivity contribution in [2.45, 2.75) is 51.9 Å². The summed E-state index contributed by atoms with van der Waals surface area (Å²) in [7, 11) is 0. The molecular weight excluding hydrogens is 461 g/mol. The van der Waals surface area contributed by atoms with Gasteiger partial charge in [-0.1, -0.05) is 13.0 Å². The topological polar surface area (TPSA) is 104 Å². The molecule has 3 amide bonds. The molecular formula is C21H26ClF3N6O2. The van der Waals surface area contributed by atoms with Gasteiger partial charge >= 0.3 is 12.2 Å². The first kappa shape index (κ1) is 26.2. The van der Waals surface area contributed by atoms with Crippen LogP contribution in [0.3, 0.4) is 0 Å². The molecule has 8 nitrogen and oxygen atoms in total. The maximum atomic E-state index is 13.3. The Hall–Kier alpha value is -3.08. The van der Waals surface area contributed by atoms with Gasteiger partial charge in [-0.2, -0.15) is 18.2 Å². The van der Waals surface area contributed by atoms with Crippen molar-refractivity contribution in [2.24, 2.45) is 0 Å². The van der Waals surface area contributed by atoms with E-state index in [0.29, 0.717) is 13.0 Å². The average Bonchev–Trinajstić information content (AvgIpc) is 2.99. The number of hydrogen-bond donors (Lipinski definition) is 2. The Morgan fingerprint density at radius 2 is 2.03 bits per heavy atom. The van der Waals surface area contributed by atoms with Gasteiger partial charge < -0.3 is 16.0 Å². The van der Waals surface area contributed by atoms with Crippen LogP contribution >= 0.6 is 12.4 Å². The lowest BCUT2D eigenvalue weighted by atomic mass is 10.1. The SMILES string of the molecule is CCC(C)N(C(=O)c1cnc(N2CC(C)(C)NC2=O)nc1N)c1cccc(C(F)(F)F)c1.Cl. The van der Waals surface area contributed by atoms with Gasteiger partial charge in [-0.05, 0) is 45.4 Å². The van der Waals surface area contributed by atoms with Crippen LogP contribution in [0.15, 0.2) is 30.5 Å². The maximum absolute atomic E-state index is 13.3. The van der Waals surface area contributed by atoms with Crippen molar-refractivity contribution < 1.29 is 22.8 Å². The summed E-state index contributed by atoms with van der Waals surface area (Å²) in [4.78, 5) is 36.3. The Balaban J connectivity index is 0.00000385. The molecule has 1 fully saturated rings. The van der Waals surface area contributed by atoms with E-state index < -0.39 is 35.3 Å². The molecule has 0 aliphatic carbocycles. The van der Waals surface area contributed by atoms with Crippen molar-refractivity contribution in [1.82, 2.24) is 15.3 Å². The number of nitrogens with one attached hydrogen (secondary N) is 1. The van der Waals surface area contributed by atoms with E-state index in [1.54, 1.807) is 6.92 Å². The monoisotopic (exact) mass is 486 g/mol. The van der Waals surface area contributed by atoms with Gasteiger partial charge in [0.1, 0.15) is 11.4 Å². The second-order valence-corrected chi connectivity index (χ2v) is 8.35. The summed E-state index contributed by atoms with van der Waals surface area (Å²) < 4.78 is 39.6.